The Bertz CT molecular complexity index is 794. The number of fused-ring (bicyclic) bond motifs is 1. The van der Waals surface area contributed by atoms with Crippen LogP contribution in [0.1, 0.15) is 11.1 Å². The van der Waals surface area contributed by atoms with Gasteiger partial charge in [0.25, 0.3) is 0 Å². The molecule has 108 valence electrons. The van der Waals surface area contributed by atoms with Crippen LogP contribution in [0.3, 0.4) is 0 Å². The number of hydrazone groups is 1. The summed E-state index contributed by atoms with van der Waals surface area (Å²) in [6.45, 7) is 0. The van der Waals surface area contributed by atoms with E-state index in [2.05, 4.69) is 79.4 Å². The van der Waals surface area contributed by atoms with E-state index in [0.29, 0.717) is 0 Å². The van der Waals surface area contributed by atoms with Crippen molar-refractivity contribution >= 4 is 44.3 Å². The number of hydrogen-bond acceptors (Lipinski definition) is 4. The van der Waals surface area contributed by atoms with Crippen LogP contribution in [0.4, 0.5) is 0 Å². The Morgan fingerprint density at radius 2 is 1.73 bits per heavy atom. The summed E-state index contributed by atoms with van der Waals surface area (Å²) in [5.74, 6) is 0. The number of nitrogens with one attached hydrogen (secondary N) is 1. The second-order valence-electron chi connectivity index (χ2n) is 4.91. The molecule has 3 nitrogen and oxygen atoms in total. The smallest absolute Gasteiger partial charge is 0.196 e. The van der Waals surface area contributed by atoms with Gasteiger partial charge in [0.2, 0.25) is 0 Å². The van der Waals surface area contributed by atoms with Gasteiger partial charge in [-0.3, -0.25) is 10.3 Å². The predicted molar refractivity (Wildman–Crippen MR) is 96.5 cm³/mol. The minimum absolute atomic E-state index is 0.942. The zero-order chi connectivity index (χ0) is 14.9. The van der Waals surface area contributed by atoms with Gasteiger partial charge in [-0.1, -0.05) is 70.2 Å². The second kappa shape index (κ2) is 5.66. The van der Waals surface area contributed by atoms with Gasteiger partial charge in [-0.25, -0.2) is 0 Å². The van der Waals surface area contributed by atoms with Gasteiger partial charge < -0.3 is 0 Å². The number of amidine groups is 1. The number of benzene rings is 2. The van der Waals surface area contributed by atoms with Crippen molar-refractivity contribution in [2.75, 3.05) is 0 Å². The molecule has 5 heteroatoms. The highest BCUT2D eigenvalue weighted by Gasteiger charge is 2.26. The first kappa shape index (κ1) is 13.7. The van der Waals surface area contributed by atoms with Crippen molar-refractivity contribution in [1.82, 2.24) is 10.3 Å². The van der Waals surface area contributed by atoms with Gasteiger partial charge >= 0.3 is 0 Å². The highest BCUT2D eigenvalue weighted by molar-refractivity contribution is 9.10. The highest BCUT2D eigenvalue weighted by atomic mass is 79.9. The first-order valence-electron chi connectivity index (χ1n) is 6.84. The van der Waals surface area contributed by atoms with Gasteiger partial charge in [-0.15, -0.1) is 5.10 Å². The summed E-state index contributed by atoms with van der Waals surface area (Å²) in [6, 6.07) is 18.6. The molecular formula is C17H12BrN3S. The molecule has 0 unspecified atom stereocenters. The number of nitrogens with zero attached hydrogens (tertiary/aromatic N) is 2. The molecular weight excluding hydrogens is 358 g/mol. The minimum atomic E-state index is 0.942. The topological polar surface area (TPSA) is 27.6 Å². The fourth-order valence-electron chi connectivity index (χ4n) is 2.38. The van der Waals surface area contributed by atoms with Crippen molar-refractivity contribution in [1.29, 1.82) is 0 Å². The lowest BCUT2D eigenvalue weighted by Crippen LogP contribution is -2.26. The van der Waals surface area contributed by atoms with Crippen LogP contribution in [-0.4, -0.2) is 10.1 Å². The van der Waals surface area contributed by atoms with Crippen molar-refractivity contribution in [2.45, 2.75) is 0 Å². The maximum atomic E-state index is 4.47. The van der Waals surface area contributed by atoms with E-state index in [1.54, 1.807) is 11.8 Å². The summed E-state index contributed by atoms with van der Waals surface area (Å²) in [6.07, 6.45) is 2.10. The second-order valence-corrected chi connectivity index (χ2v) is 6.67. The van der Waals surface area contributed by atoms with Crippen molar-refractivity contribution in [3.05, 3.63) is 81.8 Å². The van der Waals surface area contributed by atoms with E-state index in [-0.39, 0.29) is 0 Å². The molecule has 0 radical (unpaired) electrons. The minimum Gasteiger partial charge on any atom is -0.291 e. The van der Waals surface area contributed by atoms with E-state index in [1.807, 2.05) is 18.2 Å². The summed E-state index contributed by atoms with van der Waals surface area (Å²) < 4.78 is 1.08. The molecule has 2 aliphatic rings. The van der Waals surface area contributed by atoms with Gasteiger partial charge in [0.15, 0.2) is 5.17 Å². The average Bonchev–Trinajstić information content (AvgIpc) is 2.99. The van der Waals surface area contributed by atoms with Crippen molar-refractivity contribution < 1.29 is 0 Å². The Balaban J connectivity index is 1.69. The van der Waals surface area contributed by atoms with Crippen molar-refractivity contribution in [2.24, 2.45) is 5.10 Å². The summed E-state index contributed by atoms with van der Waals surface area (Å²) in [7, 11) is 0. The van der Waals surface area contributed by atoms with Crippen LogP contribution in [-0.2, 0) is 0 Å². The average molecular weight is 370 g/mol. The zero-order valence-electron chi connectivity index (χ0n) is 11.5. The van der Waals surface area contributed by atoms with E-state index in [9.17, 15) is 0 Å². The van der Waals surface area contributed by atoms with Gasteiger partial charge in [0.05, 0.1) is 11.4 Å². The van der Waals surface area contributed by atoms with Crippen LogP contribution in [0.2, 0.25) is 0 Å². The van der Waals surface area contributed by atoms with E-state index >= 15 is 0 Å². The maximum Gasteiger partial charge on any atom is 0.196 e. The van der Waals surface area contributed by atoms with Crippen LogP contribution in [0.25, 0.3) is 11.4 Å². The van der Waals surface area contributed by atoms with Gasteiger partial charge in [0.1, 0.15) is 0 Å². The third-order valence-electron chi connectivity index (χ3n) is 3.50. The maximum absolute atomic E-state index is 4.47. The molecule has 0 aliphatic carbocycles. The van der Waals surface area contributed by atoms with Gasteiger partial charge in [0, 0.05) is 21.6 Å². The third-order valence-corrected chi connectivity index (χ3v) is 4.87. The lowest BCUT2D eigenvalue weighted by molar-refractivity contribution is 0.759. The van der Waals surface area contributed by atoms with E-state index in [4.69, 9.17) is 0 Å². The fourth-order valence-corrected chi connectivity index (χ4v) is 3.47. The largest absolute Gasteiger partial charge is 0.291 e. The van der Waals surface area contributed by atoms with Crippen molar-refractivity contribution in [3.63, 3.8) is 0 Å². The molecule has 2 heterocycles. The molecule has 1 N–H and O–H groups in total. The quantitative estimate of drug-likeness (QED) is 0.833. The van der Waals surface area contributed by atoms with E-state index < -0.39 is 0 Å². The molecule has 0 atom stereocenters. The van der Waals surface area contributed by atoms with Crippen LogP contribution in [0, 0.1) is 0 Å². The SMILES string of the molecule is Brc1ccc(C2=CSC3=NNC(c4ccccc4)=CN23)cc1. The zero-order valence-corrected chi connectivity index (χ0v) is 13.9. The highest BCUT2D eigenvalue weighted by Crippen LogP contribution is 2.36. The van der Waals surface area contributed by atoms with Crippen LogP contribution >= 0.6 is 27.7 Å². The summed E-state index contributed by atoms with van der Waals surface area (Å²) in [5.41, 5.74) is 7.57. The molecule has 0 fully saturated rings. The Kier molecular flexibility index (Phi) is 3.52. The lowest BCUT2D eigenvalue weighted by Gasteiger charge is -2.24. The molecule has 2 aliphatic heterocycles. The first-order valence-corrected chi connectivity index (χ1v) is 8.51. The monoisotopic (exact) mass is 369 g/mol. The van der Waals surface area contributed by atoms with E-state index in [0.717, 1.165) is 26.6 Å². The van der Waals surface area contributed by atoms with E-state index in [1.165, 1.54) is 5.56 Å². The van der Waals surface area contributed by atoms with Crippen LogP contribution in [0.5, 0.6) is 0 Å². The Labute approximate surface area is 141 Å². The predicted octanol–water partition coefficient (Wildman–Crippen LogP) is 4.67. The lowest BCUT2D eigenvalue weighted by atomic mass is 10.1. The Morgan fingerprint density at radius 3 is 2.50 bits per heavy atom. The molecule has 2 aromatic carbocycles. The number of halogens is 1. The number of rotatable bonds is 2. The molecule has 4 rings (SSSR count). The molecule has 0 amide bonds. The number of thioether (sulfide) groups is 1. The molecule has 0 bridgehead atoms. The Morgan fingerprint density at radius 1 is 0.955 bits per heavy atom. The first-order chi connectivity index (χ1) is 10.8. The number of hydrogen-bond donors (Lipinski definition) is 1. The molecule has 2 aromatic rings. The third kappa shape index (κ3) is 2.46. The normalized spacial score (nSPS) is 16.4. The molecule has 0 aromatic heterocycles. The van der Waals surface area contributed by atoms with Crippen LogP contribution < -0.4 is 5.43 Å². The molecule has 22 heavy (non-hydrogen) atoms. The molecule has 0 spiro atoms. The standard InChI is InChI=1S/C17H12BrN3S/c18-14-8-6-13(7-9-14)16-11-22-17-20-19-15(10-21(16)17)12-4-2-1-3-5-12/h1-11,19H. The molecule has 0 saturated heterocycles. The summed E-state index contributed by atoms with van der Waals surface area (Å²) in [5, 5.41) is 7.54. The Hall–Kier alpha value is -1.98. The van der Waals surface area contributed by atoms with Gasteiger partial charge in [-0.2, -0.15) is 0 Å². The summed E-state index contributed by atoms with van der Waals surface area (Å²) >= 11 is 5.10. The van der Waals surface area contributed by atoms with Crippen LogP contribution in [0.15, 0.2) is 75.8 Å². The molecule has 0 saturated carbocycles. The van der Waals surface area contributed by atoms with Gasteiger partial charge in [-0.05, 0) is 17.7 Å². The summed E-state index contributed by atoms with van der Waals surface area (Å²) in [4.78, 5) is 2.13. The van der Waals surface area contributed by atoms with Crippen molar-refractivity contribution in [3.8, 4) is 0 Å². The fraction of sp³-hybridized carbons (Fsp3) is 0.